The van der Waals surface area contributed by atoms with Crippen molar-refractivity contribution in [1.82, 2.24) is 0 Å². The van der Waals surface area contributed by atoms with Crippen LogP contribution in [0.15, 0.2) is 12.3 Å². The molecule has 0 aromatic carbocycles. The van der Waals surface area contributed by atoms with Crippen LogP contribution < -0.4 is 5.73 Å². The Bertz CT molecular complexity index is 54.8. The van der Waals surface area contributed by atoms with E-state index in [-0.39, 0.29) is 0 Å². The van der Waals surface area contributed by atoms with Crippen molar-refractivity contribution < 1.29 is 0 Å². The summed E-state index contributed by atoms with van der Waals surface area (Å²) in [6.07, 6.45) is 0. The first kappa shape index (κ1) is 5.95. The summed E-state index contributed by atoms with van der Waals surface area (Å²) in [5.41, 5.74) is 5.73. The summed E-state index contributed by atoms with van der Waals surface area (Å²) < 4.78 is 0. The summed E-state index contributed by atoms with van der Waals surface area (Å²) in [5, 5.41) is 0. The van der Waals surface area contributed by atoms with E-state index >= 15 is 0 Å². The molecule has 0 aliphatic heterocycles. The maximum atomic E-state index is 5.11. The highest BCUT2D eigenvalue weighted by atomic mass is 32.2. The van der Waals surface area contributed by atoms with Crippen LogP contribution in [0.25, 0.3) is 0 Å². The Morgan fingerprint density at radius 3 is 2.50 bits per heavy atom. The molecule has 3 heteroatoms. The van der Waals surface area contributed by atoms with E-state index < -0.39 is 0 Å². The monoisotopic (exact) mass is 99.0 g/mol. The highest BCUT2D eigenvalue weighted by Gasteiger charge is 1.76. The molecule has 0 saturated carbocycles. The topological polar surface area (TPSA) is 26.0 Å². The van der Waals surface area contributed by atoms with Gasteiger partial charge in [0.05, 0.1) is 0 Å². The van der Waals surface area contributed by atoms with E-state index in [4.69, 9.17) is 12.9 Å². The lowest BCUT2D eigenvalue weighted by Crippen LogP contribution is -1.95. The lowest BCUT2D eigenvalue weighted by molar-refractivity contribution is 1.36. The van der Waals surface area contributed by atoms with Crippen LogP contribution in [0, 0.1) is 0 Å². The molecular weight excluding hydrogens is 92.9 g/mol. The summed E-state index contributed by atoms with van der Waals surface area (Å²) >= 11 is 1.19. The average Bonchev–Trinajstić information content (AvgIpc) is 1.35. The van der Waals surface area contributed by atoms with Crippen molar-refractivity contribution in [2.75, 3.05) is 5.75 Å². The molecular formula is C3H6BNS. The Labute approximate surface area is 43.3 Å². The maximum Gasteiger partial charge on any atom is 0.162 e. The second-order valence-corrected chi connectivity index (χ2v) is 1.59. The molecule has 0 spiro atoms. The summed E-state index contributed by atoms with van der Waals surface area (Å²) in [6.45, 7) is 3.42. The van der Waals surface area contributed by atoms with E-state index in [9.17, 15) is 0 Å². The molecule has 0 aromatic rings. The van der Waals surface area contributed by atoms with Gasteiger partial charge in [-0.2, -0.15) is 0 Å². The fraction of sp³-hybridized carbons (Fsp3) is 0.333. The van der Waals surface area contributed by atoms with Crippen LogP contribution >= 0.6 is 11.6 Å². The first-order chi connectivity index (χ1) is 2.77. The van der Waals surface area contributed by atoms with Gasteiger partial charge in [-0.1, -0.05) is 6.58 Å². The minimum Gasteiger partial charge on any atom is -0.402 e. The van der Waals surface area contributed by atoms with E-state index in [1.165, 1.54) is 11.6 Å². The van der Waals surface area contributed by atoms with Gasteiger partial charge in [-0.3, -0.25) is 0 Å². The van der Waals surface area contributed by atoms with Crippen LogP contribution in [0.5, 0.6) is 0 Å². The zero-order valence-corrected chi connectivity index (χ0v) is 4.29. The third kappa shape index (κ3) is 3.95. The summed E-state index contributed by atoms with van der Waals surface area (Å²) in [6, 6.07) is 0. The normalized spacial score (nSPS) is 8.00. The van der Waals surface area contributed by atoms with Gasteiger partial charge in [0.1, 0.15) is 0 Å². The highest BCUT2D eigenvalue weighted by molar-refractivity contribution is 8.19. The molecule has 0 rings (SSSR count). The fourth-order valence-electron chi connectivity index (χ4n) is 0.107. The van der Waals surface area contributed by atoms with E-state index in [1.54, 1.807) is 0 Å². The van der Waals surface area contributed by atoms with Gasteiger partial charge in [0.15, 0.2) is 7.12 Å². The molecule has 0 amide bonds. The number of nitrogens with two attached hydrogens (primary N) is 1. The van der Waals surface area contributed by atoms with Gasteiger partial charge in [-0.05, 0) is 0 Å². The van der Waals surface area contributed by atoms with E-state index in [0.29, 0.717) is 11.4 Å². The van der Waals surface area contributed by atoms with Crippen LogP contribution in [0.4, 0.5) is 0 Å². The molecule has 2 N–H and O–H groups in total. The van der Waals surface area contributed by atoms with Gasteiger partial charge in [-0.15, -0.1) is 0 Å². The fourth-order valence-corrected chi connectivity index (χ4v) is 0.321. The van der Waals surface area contributed by atoms with Gasteiger partial charge >= 0.3 is 0 Å². The Kier molecular flexibility index (Phi) is 3.13. The molecule has 6 heavy (non-hydrogen) atoms. The standard InChI is InChI=1S/C3H6BNS/c1-3(5)2-6-4/h1-2,5H2. The van der Waals surface area contributed by atoms with Crippen LogP contribution in [0.1, 0.15) is 0 Å². The second kappa shape index (κ2) is 3.16. The number of hydrogen-bond donors (Lipinski definition) is 1. The predicted octanol–water partition coefficient (Wildman–Crippen LogP) is 0.276. The molecule has 0 saturated heterocycles. The van der Waals surface area contributed by atoms with Crippen LogP contribution in [-0.2, 0) is 0 Å². The zero-order valence-electron chi connectivity index (χ0n) is 3.48. The molecule has 0 aliphatic rings. The van der Waals surface area contributed by atoms with Crippen molar-refractivity contribution in [2.24, 2.45) is 5.73 Å². The summed E-state index contributed by atoms with van der Waals surface area (Å²) in [5.74, 6) is 0.653. The van der Waals surface area contributed by atoms with E-state index in [2.05, 4.69) is 6.58 Å². The third-order valence-corrected chi connectivity index (χ3v) is 0.806. The maximum absolute atomic E-state index is 5.11. The number of rotatable bonds is 2. The van der Waals surface area contributed by atoms with Crippen LogP contribution in [0.3, 0.4) is 0 Å². The van der Waals surface area contributed by atoms with Gasteiger partial charge in [0.25, 0.3) is 0 Å². The molecule has 0 heterocycles. The molecule has 32 valence electrons. The smallest absolute Gasteiger partial charge is 0.162 e. The van der Waals surface area contributed by atoms with Gasteiger partial charge in [-0.25, -0.2) is 11.6 Å². The molecule has 0 aliphatic carbocycles. The van der Waals surface area contributed by atoms with Gasteiger partial charge < -0.3 is 5.73 Å². The Morgan fingerprint density at radius 2 is 2.50 bits per heavy atom. The molecule has 0 aromatic heterocycles. The molecule has 1 nitrogen and oxygen atoms in total. The Balaban J connectivity index is 2.83. The molecule has 0 unspecified atom stereocenters. The first-order valence-corrected chi connectivity index (χ1v) is 2.57. The van der Waals surface area contributed by atoms with Crippen LogP contribution in [0.2, 0.25) is 0 Å². The number of hydrogen-bond acceptors (Lipinski definition) is 2. The van der Waals surface area contributed by atoms with Crippen molar-refractivity contribution in [3.05, 3.63) is 12.3 Å². The predicted molar refractivity (Wildman–Crippen MR) is 31.5 cm³/mol. The van der Waals surface area contributed by atoms with Gasteiger partial charge in [0.2, 0.25) is 0 Å². The highest BCUT2D eigenvalue weighted by Crippen LogP contribution is 1.91. The minimum absolute atomic E-state index is 0.627. The zero-order chi connectivity index (χ0) is 4.99. The van der Waals surface area contributed by atoms with Crippen molar-refractivity contribution in [3.8, 4) is 0 Å². The summed E-state index contributed by atoms with van der Waals surface area (Å²) in [7, 11) is 5.01. The average molecular weight is 99.0 g/mol. The van der Waals surface area contributed by atoms with Crippen LogP contribution in [-0.4, -0.2) is 12.9 Å². The molecule has 0 fully saturated rings. The van der Waals surface area contributed by atoms with E-state index in [1.807, 2.05) is 0 Å². The second-order valence-electron chi connectivity index (χ2n) is 0.969. The van der Waals surface area contributed by atoms with Crippen molar-refractivity contribution in [1.29, 1.82) is 0 Å². The lowest BCUT2D eigenvalue weighted by atomic mass is 10.6. The Hall–Kier alpha value is -0.0451. The molecule has 0 bridgehead atoms. The quantitative estimate of drug-likeness (QED) is 0.503. The van der Waals surface area contributed by atoms with Crippen molar-refractivity contribution >= 4 is 18.7 Å². The third-order valence-electron chi connectivity index (χ3n) is 0.269. The minimum atomic E-state index is 0.627. The lowest BCUT2D eigenvalue weighted by Gasteiger charge is -1.89. The molecule has 2 radical (unpaired) electrons. The molecule has 0 atom stereocenters. The largest absolute Gasteiger partial charge is 0.402 e. The van der Waals surface area contributed by atoms with Crippen molar-refractivity contribution in [3.63, 3.8) is 0 Å². The SMILES string of the molecule is [B]SCC(=C)N. The first-order valence-electron chi connectivity index (χ1n) is 1.52. The van der Waals surface area contributed by atoms with E-state index in [0.717, 1.165) is 0 Å². The van der Waals surface area contributed by atoms with Gasteiger partial charge in [0, 0.05) is 11.4 Å². The summed E-state index contributed by atoms with van der Waals surface area (Å²) in [4.78, 5) is 0. The van der Waals surface area contributed by atoms with Crippen molar-refractivity contribution in [2.45, 2.75) is 0 Å². The Morgan fingerprint density at radius 1 is 2.00 bits per heavy atom.